The van der Waals surface area contributed by atoms with Crippen LogP contribution in [0.4, 0.5) is 0 Å². The lowest BCUT2D eigenvalue weighted by molar-refractivity contribution is -0.109. The van der Waals surface area contributed by atoms with Crippen LogP contribution in [0.1, 0.15) is 30.2 Å². The summed E-state index contributed by atoms with van der Waals surface area (Å²) in [4.78, 5) is 11.3. The molecule has 0 radical (unpaired) electrons. The lowest BCUT2D eigenvalue weighted by Gasteiger charge is -1.93. The van der Waals surface area contributed by atoms with E-state index in [0.717, 1.165) is 12.8 Å². The van der Waals surface area contributed by atoms with Crippen LogP contribution < -0.4 is 5.32 Å². The van der Waals surface area contributed by atoms with Crippen molar-refractivity contribution in [2.75, 3.05) is 0 Å². The highest BCUT2D eigenvalue weighted by Crippen LogP contribution is 2.16. The predicted molar refractivity (Wildman–Crippen MR) is 55.8 cm³/mol. The summed E-state index contributed by atoms with van der Waals surface area (Å²) in [5.74, 6) is 0. The smallest absolute Gasteiger partial charge is 0.207 e. The Hall–Kier alpha value is -0.830. The van der Waals surface area contributed by atoms with E-state index in [0.29, 0.717) is 6.54 Å². The first kappa shape index (κ1) is 10.3. The van der Waals surface area contributed by atoms with Crippen LogP contribution in [-0.2, 0) is 17.8 Å². The second-order valence-corrected chi connectivity index (χ2v) is 4.02. The second-order valence-electron chi connectivity index (χ2n) is 3.02. The number of unbranched alkanes of at least 4 members (excludes halogenated alkanes) is 1. The van der Waals surface area contributed by atoms with Crippen molar-refractivity contribution in [3.8, 4) is 0 Å². The highest BCUT2D eigenvalue weighted by Gasteiger charge is 1.98. The number of hydrogen-bond donors (Lipinski definition) is 1. The number of nitrogens with one attached hydrogen (secondary N) is 1. The third-order valence-electron chi connectivity index (χ3n) is 1.89. The molecule has 2 nitrogen and oxygen atoms in total. The average Bonchev–Trinajstić information content (AvgIpc) is 2.59. The molecule has 0 aliphatic rings. The van der Waals surface area contributed by atoms with Gasteiger partial charge in [-0.2, -0.15) is 0 Å². The summed E-state index contributed by atoms with van der Waals surface area (Å²) in [6, 6.07) is 2.18. The Morgan fingerprint density at radius 2 is 2.46 bits per heavy atom. The number of hydrogen-bond acceptors (Lipinski definition) is 2. The average molecular weight is 197 g/mol. The van der Waals surface area contributed by atoms with E-state index in [1.54, 1.807) is 11.3 Å². The fraction of sp³-hybridized carbons (Fsp3) is 0.500. The highest BCUT2D eigenvalue weighted by molar-refractivity contribution is 7.10. The minimum absolute atomic E-state index is 0.667. The number of rotatable bonds is 6. The van der Waals surface area contributed by atoms with Crippen LogP contribution in [0.3, 0.4) is 0 Å². The zero-order valence-corrected chi connectivity index (χ0v) is 8.69. The standard InChI is InChI=1S/C10H15NOS/c1-2-3-4-9-5-10(13-7-9)6-11-8-12/h5,7-8H,2-4,6H2,1H3,(H,11,12). The van der Waals surface area contributed by atoms with E-state index in [1.165, 1.54) is 23.3 Å². The Labute approximate surface area is 83.0 Å². The Balaban J connectivity index is 2.38. The SMILES string of the molecule is CCCCc1csc(CNC=O)c1. The second kappa shape index (κ2) is 5.75. The van der Waals surface area contributed by atoms with E-state index in [4.69, 9.17) is 0 Å². The van der Waals surface area contributed by atoms with Gasteiger partial charge in [0.05, 0.1) is 6.54 Å². The largest absolute Gasteiger partial charge is 0.354 e. The minimum Gasteiger partial charge on any atom is -0.354 e. The van der Waals surface area contributed by atoms with Crippen molar-refractivity contribution in [1.29, 1.82) is 0 Å². The van der Waals surface area contributed by atoms with Gasteiger partial charge >= 0.3 is 0 Å². The first-order chi connectivity index (χ1) is 6.36. The molecule has 0 saturated carbocycles. The van der Waals surface area contributed by atoms with Crippen molar-refractivity contribution in [1.82, 2.24) is 5.32 Å². The predicted octanol–water partition coefficient (Wildman–Crippen LogP) is 2.34. The van der Waals surface area contributed by atoms with Crippen LogP contribution in [0.5, 0.6) is 0 Å². The number of aryl methyl sites for hydroxylation is 1. The molecular weight excluding hydrogens is 182 g/mol. The fourth-order valence-corrected chi connectivity index (χ4v) is 2.05. The lowest BCUT2D eigenvalue weighted by atomic mass is 10.1. The normalized spacial score (nSPS) is 9.92. The maximum Gasteiger partial charge on any atom is 0.207 e. The van der Waals surface area contributed by atoms with Gasteiger partial charge in [-0.25, -0.2) is 0 Å². The molecule has 0 aliphatic heterocycles. The number of thiophene rings is 1. The molecule has 0 atom stereocenters. The van der Waals surface area contributed by atoms with E-state index in [-0.39, 0.29) is 0 Å². The highest BCUT2D eigenvalue weighted by atomic mass is 32.1. The van der Waals surface area contributed by atoms with Crippen LogP contribution in [0.2, 0.25) is 0 Å². The van der Waals surface area contributed by atoms with Gasteiger partial charge in [0.15, 0.2) is 0 Å². The molecule has 0 unspecified atom stereocenters. The number of carbonyl (C=O) groups excluding carboxylic acids is 1. The van der Waals surface area contributed by atoms with Crippen LogP contribution in [0.25, 0.3) is 0 Å². The monoisotopic (exact) mass is 197 g/mol. The third-order valence-corrected chi connectivity index (χ3v) is 2.87. The van der Waals surface area contributed by atoms with Gasteiger partial charge < -0.3 is 5.32 Å². The number of carbonyl (C=O) groups is 1. The van der Waals surface area contributed by atoms with Crippen LogP contribution in [0, 0.1) is 0 Å². The summed E-state index contributed by atoms with van der Waals surface area (Å²) >= 11 is 1.72. The summed E-state index contributed by atoms with van der Waals surface area (Å²) in [5.41, 5.74) is 1.40. The van der Waals surface area contributed by atoms with Gasteiger partial charge in [-0.1, -0.05) is 13.3 Å². The summed E-state index contributed by atoms with van der Waals surface area (Å²) in [6.07, 6.45) is 4.38. The van der Waals surface area contributed by atoms with Crippen LogP contribution in [-0.4, -0.2) is 6.41 Å². The van der Waals surface area contributed by atoms with Gasteiger partial charge in [0.25, 0.3) is 0 Å². The molecule has 3 heteroatoms. The van der Waals surface area contributed by atoms with E-state index in [1.807, 2.05) is 0 Å². The maximum atomic E-state index is 10.1. The van der Waals surface area contributed by atoms with E-state index >= 15 is 0 Å². The molecule has 0 saturated heterocycles. The molecule has 1 aromatic rings. The van der Waals surface area contributed by atoms with Gasteiger partial charge in [0.2, 0.25) is 6.41 Å². The molecule has 1 N–H and O–H groups in total. The van der Waals surface area contributed by atoms with Crippen molar-refractivity contribution in [2.45, 2.75) is 32.7 Å². The van der Waals surface area contributed by atoms with Gasteiger partial charge in [-0.3, -0.25) is 4.79 Å². The zero-order valence-electron chi connectivity index (χ0n) is 7.88. The van der Waals surface area contributed by atoms with Crippen molar-refractivity contribution in [3.63, 3.8) is 0 Å². The molecule has 0 bridgehead atoms. The molecule has 1 heterocycles. The van der Waals surface area contributed by atoms with Gasteiger partial charge in [0.1, 0.15) is 0 Å². The third kappa shape index (κ3) is 3.59. The van der Waals surface area contributed by atoms with Crippen molar-refractivity contribution >= 4 is 17.7 Å². The van der Waals surface area contributed by atoms with Gasteiger partial charge in [-0.15, -0.1) is 11.3 Å². The number of amides is 1. The Bertz CT molecular complexity index is 257. The minimum atomic E-state index is 0.667. The summed E-state index contributed by atoms with van der Waals surface area (Å²) in [7, 11) is 0. The van der Waals surface area contributed by atoms with Crippen molar-refractivity contribution in [2.24, 2.45) is 0 Å². The first-order valence-corrected chi connectivity index (χ1v) is 5.48. The molecule has 0 aliphatic carbocycles. The molecule has 1 amide bonds. The fourth-order valence-electron chi connectivity index (χ4n) is 1.17. The quantitative estimate of drug-likeness (QED) is 0.697. The summed E-state index contributed by atoms with van der Waals surface area (Å²) in [5, 5.41) is 4.84. The van der Waals surface area contributed by atoms with Gasteiger partial charge in [0, 0.05) is 4.88 Å². The molecule has 13 heavy (non-hydrogen) atoms. The van der Waals surface area contributed by atoms with E-state index in [9.17, 15) is 4.79 Å². The molecule has 0 aromatic carbocycles. The summed E-state index contributed by atoms with van der Waals surface area (Å²) < 4.78 is 0. The molecule has 1 rings (SSSR count). The molecule has 0 spiro atoms. The van der Waals surface area contributed by atoms with E-state index in [2.05, 4.69) is 23.7 Å². The van der Waals surface area contributed by atoms with E-state index < -0.39 is 0 Å². The van der Waals surface area contributed by atoms with Gasteiger partial charge in [-0.05, 0) is 29.9 Å². The molecule has 0 fully saturated rings. The van der Waals surface area contributed by atoms with Crippen molar-refractivity contribution in [3.05, 3.63) is 21.9 Å². The summed E-state index contributed by atoms with van der Waals surface area (Å²) in [6.45, 7) is 2.86. The first-order valence-electron chi connectivity index (χ1n) is 4.60. The maximum absolute atomic E-state index is 10.1. The van der Waals surface area contributed by atoms with Crippen LogP contribution >= 0.6 is 11.3 Å². The molecular formula is C10H15NOS. The van der Waals surface area contributed by atoms with Crippen LogP contribution in [0.15, 0.2) is 11.4 Å². The zero-order chi connectivity index (χ0) is 9.52. The molecule has 72 valence electrons. The Kier molecular flexibility index (Phi) is 4.54. The Morgan fingerprint density at radius 1 is 1.62 bits per heavy atom. The molecule has 1 aromatic heterocycles. The Morgan fingerprint density at radius 3 is 3.15 bits per heavy atom. The topological polar surface area (TPSA) is 29.1 Å². The van der Waals surface area contributed by atoms with Crippen molar-refractivity contribution < 1.29 is 4.79 Å². The lowest BCUT2D eigenvalue weighted by Crippen LogP contribution is -2.08.